The van der Waals surface area contributed by atoms with Gasteiger partial charge in [-0.1, -0.05) is 6.07 Å². The summed E-state index contributed by atoms with van der Waals surface area (Å²) in [5.74, 6) is -4.14. The second kappa shape index (κ2) is 7.79. The van der Waals surface area contributed by atoms with Crippen molar-refractivity contribution in [3.05, 3.63) is 58.3 Å². The SMILES string of the molecule is Cc1[nH]nc2c1CC[C@H]2NC(=O)c1cnn(Cc2ccc(N3CC4C(C3)C4(F)F)nc2C(F)F)c1. The van der Waals surface area contributed by atoms with Crippen molar-refractivity contribution in [1.82, 2.24) is 30.3 Å². The van der Waals surface area contributed by atoms with E-state index in [1.165, 1.54) is 23.1 Å². The minimum Gasteiger partial charge on any atom is -0.356 e. The minimum atomic E-state index is -2.84. The molecule has 35 heavy (non-hydrogen) atoms. The molecule has 2 N–H and O–H groups in total. The molecule has 0 spiro atoms. The number of fused-ring (bicyclic) bond motifs is 2. The number of aryl methyl sites for hydroxylation is 1. The van der Waals surface area contributed by atoms with Crippen molar-refractivity contribution in [1.29, 1.82) is 0 Å². The van der Waals surface area contributed by atoms with Crippen molar-refractivity contribution < 1.29 is 22.4 Å². The van der Waals surface area contributed by atoms with Crippen molar-refractivity contribution in [3.8, 4) is 0 Å². The number of nitrogens with zero attached hydrogens (tertiary/aromatic N) is 5. The number of hydrogen-bond acceptors (Lipinski definition) is 5. The van der Waals surface area contributed by atoms with Crippen LogP contribution in [-0.4, -0.2) is 49.9 Å². The summed E-state index contributed by atoms with van der Waals surface area (Å²) in [4.78, 5) is 18.5. The Morgan fingerprint density at radius 2 is 2.06 bits per heavy atom. The van der Waals surface area contributed by atoms with E-state index in [-0.39, 0.29) is 43.0 Å². The first-order valence-corrected chi connectivity index (χ1v) is 11.5. The Balaban J connectivity index is 1.14. The average molecular weight is 489 g/mol. The van der Waals surface area contributed by atoms with E-state index in [0.29, 0.717) is 5.56 Å². The van der Waals surface area contributed by atoms with Crippen molar-refractivity contribution in [2.75, 3.05) is 18.0 Å². The van der Waals surface area contributed by atoms with Gasteiger partial charge in [0.15, 0.2) is 0 Å². The fourth-order valence-corrected chi connectivity index (χ4v) is 5.31. The molecule has 2 fully saturated rings. The lowest BCUT2D eigenvalue weighted by atomic mass is 10.2. The van der Waals surface area contributed by atoms with Gasteiger partial charge in [-0.05, 0) is 31.4 Å². The highest BCUT2D eigenvalue weighted by molar-refractivity contribution is 5.94. The lowest BCUT2D eigenvalue weighted by molar-refractivity contribution is 0.0796. The molecule has 3 aliphatic rings. The zero-order valence-electron chi connectivity index (χ0n) is 18.8. The zero-order chi connectivity index (χ0) is 24.5. The lowest BCUT2D eigenvalue weighted by Gasteiger charge is -2.22. The van der Waals surface area contributed by atoms with Gasteiger partial charge < -0.3 is 10.2 Å². The summed E-state index contributed by atoms with van der Waals surface area (Å²) in [6, 6.07) is 2.91. The van der Waals surface area contributed by atoms with Crippen LogP contribution in [-0.2, 0) is 13.0 Å². The molecule has 8 nitrogen and oxygen atoms in total. The van der Waals surface area contributed by atoms with E-state index in [4.69, 9.17) is 0 Å². The average Bonchev–Trinajstić information content (AvgIpc) is 3.46. The van der Waals surface area contributed by atoms with Crippen molar-refractivity contribution in [2.45, 2.75) is 44.7 Å². The van der Waals surface area contributed by atoms with Gasteiger partial charge in [-0.3, -0.25) is 14.6 Å². The molecule has 3 aromatic rings. The first-order valence-electron chi connectivity index (χ1n) is 11.5. The molecule has 1 saturated carbocycles. The number of anilines is 1. The van der Waals surface area contributed by atoms with E-state index in [0.717, 1.165) is 29.8 Å². The van der Waals surface area contributed by atoms with Gasteiger partial charge in [-0.15, -0.1) is 0 Å². The Bertz CT molecular complexity index is 1290. The number of carbonyl (C=O) groups is 1. The number of nitrogens with one attached hydrogen (secondary N) is 2. The highest BCUT2D eigenvalue weighted by Crippen LogP contribution is 2.59. The second-order valence-electron chi connectivity index (χ2n) is 9.51. The molecule has 4 heterocycles. The maximum Gasteiger partial charge on any atom is 0.280 e. The molecule has 2 aliphatic carbocycles. The fraction of sp³-hybridized carbons (Fsp3) is 0.478. The zero-order valence-corrected chi connectivity index (χ0v) is 18.8. The number of H-pyrrole nitrogens is 1. The Morgan fingerprint density at radius 3 is 2.80 bits per heavy atom. The first kappa shape index (κ1) is 22.1. The number of piperidine rings is 1. The number of alkyl halides is 4. The highest BCUT2D eigenvalue weighted by atomic mass is 19.3. The molecule has 2 unspecified atom stereocenters. The van der Waals surface area contributed by atoms with Crippen molar-refractivity contribution >= 4 is 11.7 Å². The number of rotatable bonds is 6. The fourth-order valence-electron chi connectivity index (χ4n) is 5.31. The molecule has 3 atom stereocenters. The van der Waals surface area contributed by atoms with E-state index in [1.807, 2.05) is 6.92 Å². The molecule has 0 radical (unpaired) electrons. The number of hydrogen-bond donors (Lipinski definition) is 2. The van der Waals surface area contributed by atoms with Gasteiger partial charge in [-0.25, -0.2) is 22.5 Å². The van der Waals surface area contributed by atoms with Gasteiger partial charge in [0.2, 0.25) is 0 Å². The van der Waals surface area contributed by atoms with Gasteiger partial charge in [0.1, 0.15) is 11.5 Å². The summed E-state index contributed by atoms with van der Waals surface area (Å²) < 4.78 is 55.9. The van der Waals surface area contributed by atoms with Crippen LogP contribution in [0.1, 0.15) is 57.5 Å². The van der Waals surface area contributed by atoms with Crippen LogP contribution in [0.25, 0.3) is 0 Å². The summed E-state index contributed by atoms with van der Waals surface area (Å²) in [6.45, 7) is 2.17. The Labute approximate surface area is 197 Å². The minimum absolute atomic E-state index is 0.00427. The summed E-state index contributed by atoms with van der Waals surface area (Å²) in [6.07, 6.45) is 1.65. The predicted octanol–water partition coefficient (Wildman–Crippen LogP) is 3.41. The van der Waals surface area contributed by atoms with Gasteiger partial charge in [-0.2, -0.15) is 10.2 Å². The molecule has 1 aliphatic heterocycles. The molecule has 0 bridgehead atoms. The van der Waals surface area contributed by atoms with Gasteiger partial charge in [0, 0.05) is 30.5 Å². The summed E-state index contributed by atoms with van der Waals surface area (Å²) in [5.41, 5.74) is 3.12. The molecule has 1 amide bonds. The molecule has 0 aromatic carbocycles. The van der Waals surface area contributed by atoms with E-state index < -0.39 is 29.9 Å². The normalized spacial score (nSPS) is 24.1. The molecular weight excluding hydrogens is 466 g/mol. The predicted molar refractivity (Wildman–Crippen MR) is 117 cm³/mol. The molecule has 3 aromatic heterocycles. The maximum absolute atomic E-state index is 13.8. The highest BCUT2D eigenvalue weighted by Gasteiger charge is 2.71. The van der Waals surface area contributed by atoms with Crippen LogP contribution in [0.2, 0.25) is 0 Å². The standard InChI is InChI=1S/C23H23F4N7O/c1-11-14-3-4-17(20(14)32-31-11)29-22(35)13-6-28-34(8-13)7-12-2-5-18(30-19(12)21(24)25)33-9-15-16(10-33)23(15,26)27/h2,5-6,8,15-17,21H,3-4,7,9-10H2,1H3,(H,29,35)(H,31,32)/t15?,16?,17-/m1/s1. The van der Waals surface area contributed by atoms with Crippen LogP contribution in [0.5, 0.6) is 0 Å². The lowest BCUT2D eigenvalue weighted by Crippen LogP contribution is -2.28. The topological polar surface area (TPSA) is 91.7 Å². The van der Waals surface area contributed by atoms with E-state index in [1.54, 1.807) is 11.0 Å². The maximum atomic E-state index is 13.8. The summed E-state index contributed by atoms with van der Waals surface area (Å²) in [7, 11) is 0. The monoisotopic (exact) mass is 489 g/mol. The molecular formula is C23H23F4N7O. The number of halogens is 4. The number of amides is 1. The third-order valence-corrected chi connectivity index (χ3v) is 7.38. The van der Waals surface area contributed by atoms with Crippen LogP contribution >= 0.6 is 0 Å². The van der Waals surface area contributed by atoms with E-state index in [2.05, 4.69) is 25.6 Å². The van der Waals surface area contributed by atoms with E-state index in [9.17, 15) is 22.4 Å². The molecule has 1 saturated heterocycles. The quantitative estimate of drug-likeness (QED) is 0.518. The van der Waals surface area contributed by atoms with Crippen LogP contribution in [0.4, 0.5) is 23.4 Å². The number of aromatic nitrogens is 5. The van der Waals surface area contributed by atoms with E-state index >= 15 is 0 Å². The molecule has 6 rings (SSSR count). The third-order valence-electron chi connectivity index (χ3n) is 7.38. The van der Waals surface area contributed by atoms with Gasteiger partial charge in [0.05, 0.1) is 41.9 Å². The van der Waals surface area contributed by atoms with Gasteiger partial charge >= 0.3 is 0 Å². The largest absolute Gasteiger partial charge is 0.356 e. The number of aromatic amines is 1. The Morgan fingerprint density at radius 1 is 1.29 bits per heavy atom. The first-order chi connectivity index (χ1) is 16.7. The summed E-state index contributed by atoms with van der Waals surface area (Å²) in [5, 5.41) is 14.3. The third kappa shape index (κ3) is 3.66. The number of pyridine rings is 1. The Hall–Kier alpha value is -3.44. The number of carbonyl (C=O) groups excluding carboxylic acids is 1. The van der Waals surface area contributed by atoms with Gasteiger partial charge in [0.25, 0.3) is 18.3 Å². The van der Waals surface area contributed by atoms with Crippen molar-refractivity contribution in [3.63, 3.8) is 0 Å². The Kier molecular flexibility index (Phi) is 4.91. The van der Waals surface area contributed by atoms with Crippen LogP contribution in [0.15, 0.2) is 24.5 Å². The van der Waals surface area contributed by atoms with Crippen LogP contribution < -0.4 is 10.2 Å². The van der Waals surface area contributed by atoms with Crippen LogP contribution in [0, 0.1) is 18.8 Å². The second-order valence-corrected chi connectivity index (χ2v) is 9.51. The van der Waals surface area contributed by atoms with Crippen LogP contribution in [0.3, 0.4) is 0 Å². The van der Waals surface area contributed by atoms with Crippen molar-refractivity contribution in [2.24, 2.45) is 11.8 Å². The smallest absolute Gasteiger partial charge is 0.280 e. The summed E-state index contributed by atoms with van der Waals surface area (Å²) >= 11 is 0. The molecule has 184 valence electrons. The molecule has 12 heteroatoms.